The first kappa shape index (κ1) is 16.4. The number of esters is 1. The van der Waals surface area contributed by atoms with E-state index in [0.717, 1.165) is 20.1 Å². The van der Waals surface area contributed by atoms with Gasteiger partial charge in [-0.25, -0.2) is 13.6 Å². The van der Waals surface area contributed by atoms with Crippen molar-refractivity contribution in [3.63, 3.8) is 0 Å². The highest BCUT2D eigenvalue weighted by atomic mass is 19.2. The molecule has 0 heterocycles. The lowest BCUT2D eigenvalue weighted by Crippen LogP contribution is -2.23. The minimum atomic E-state index is -1.19. The first-order chi connectivity index (χ1) is 9.36. The molecule has 0 aliphatic carbocycles. The van der Waals surface area contributed by atoms with Crippen molar-refractivity contribution in [3.05, 3.63) is 29.3 Å². The zero-order valence-corrected chi connectivity index (χ0v) is 12.2. The minimum absolute atomic E-state index is 0.0183. The second-order valence-electron chi connectivity index (χ2n) is 4.92. The van der Waals surface area contributed by atoms with Crippen molar-refractivity contribution in [2.75, 3.05) is 33.1 Å². The number of carbonyl (C=O) groups is 1. The van der Waals surface area contributed by atoms with E-state index < -0.39 is 23.2 Å². The summed E-state index contributed by atoms with van der Waals surface area (Å²) in [6, 6.07) is 2.54. The van der Waals surface area contributed by atoms with Gasteiger partial charge in [-0.15, -0.1) is 0 Å². The number of methoxy groups -OCH3 is 1. The largest absolute Gasteiger partial charge is 0.465 e. The van der Waals surface area contributed by atoms with Crippen molar-refractivity contribution in [2.24, 2.45) is 0 Å². The molecule has 0 saturated heterocycles. The summed E-state index contributed by atoms with van der Waals surface area (Å²) < 4.78 is 32.0. The summed E-state index contributed by atoms with van der Waals surface area (Å²) in [6.07, 6.45) is 0.785. The molecule has 0 radical (unpaired) electrons. The highest BCUT2D eigenvalue weighted by Crippen LogP contribution is 2.22. The molecular weight excluding hydrogens is 266 g/mol. The van der Waals surface area contributed by atoms with Crippen LogP contribution in [0.4, 0.5) is 14.5 Å². The van der Waals surface area contributed by atoms with Crippen LogP contribution in [0.2, 0.25) is 0 Å². The van der Waals surface area contributed by atoms with Crippen LogP contribution in [0.1, 0.15) is 23.7 Å². The quantitative estimate of drug-likeness (QED) is 0.816. The predicted octanol–water partition coefficient (Wildman–Crippen LogP) is 2.50. The Labute approximate surface area is 117 Å². The molecule has 0 fully saturated rings. The predicted molar refractivity (Wildman–Crippen MR) is 74.0 cm³/mol. The Morgan fingerprint density at radius 1 is 1.35 bits per heavy atom. The summed E-state index contributed by atoms with van der Waals surface area (Å²) in [6.45, 7) is 2.72. The van der Waals surface area contributed by atoms with Gasteiger partial charge in [0.25, 0.3) is 0 Å². The highest BCUT2D eigenvalue weighted by molar-refractivity contribution is 5.90. The molecule has 0 aromatic heterocycles. The van der Waals surface area contributed by atoms with Crippen LogP contribution in [-0.4, -0.2) is 44.7 Å². The first-order valence-corrected chi connectivity index (χ1v) is 6.34. The van der Waals surface area contributed by atoms with Crippen LogP contribution in [0.5, 0.6) is 0 Å². The average molecular weight is 286 g/mol. The van der Waals surface area contributed by atoms with E-state index in [9.17, 15) is 13.6 Å². The summed E-state index contributed by atoms with van der Waals surface area (Å²) in [5, 5.41) is 2.90. The molecule has 0 aliphatic rings. The Balaban J connectivity index is 2.82. The number of nitrogens with one attached hydrogen (secondary N) is 1. The third-order valence-electron chi connectivity index (χ3n) is 2.90. The maximum atomic E-state index is 13.9. The summed E-state index contributed by atoms with van der Waals surface area (Å²) >= 11 is 0. The van der Waals surface area contributed by atoms with E-state index in [0.29, 0.717) is 0 Å². The second kappa shape index (κ2) is 7.19. The van der Waals surface area contributed by atoms with Crippen LogP contribution in [0.15, 0.2) is 12.1 Å². The molecule has 0 amide bonds. The molecule has 0 saturated carbocycles. The zero-order chi connectivity index (χ0) is 15.3. The van der Waals surface area contributed by atoms with Crippen LogP contribution < -0.4 is 5.32 Å². The number of rotatable bonds is 6. The number of benzene rings is 1. The Morgan fingerprint density at radius 2 is 2.00 bits per heavy atom. The van der Waals surface area contributed by atoms with Gasteiger partial charge >= 0.3 is 5.97 Å². The lowest BCUT2D eigenvalue weighted by Gasteiger charge is -2.18. The van der Waals surface area contributed by atoms with E-state index in [1.165, 1.54) is 12.1 Å². The minimum Gasteiger partial charge on any atom is -0.465 e. The van der Waals surface area contributed by atoms with Crippen LogP contribution in [-0.2, 0) is 4.74 Å². The maximum Gasteiger partial charge on any atom is 0.340 e. The average Bonchev–Trinajstić information content (AvgIpc) is 2.41. The Morgan fingerprint density at radius 3 is 2.55 bits per heavy atom. The third-order valence-corrected chi connectivity index (χ3v) is 2.90. The summed E-state index contributed by atoms with van der Waals surface area (Å²) in [5.74, 6) is -3.15. The van der Waals surface area contributed by atoms with Crippen LogP contribution in [0, 0.1) is 11.6 Å². The molecule has 20 heavy (non-hydrogen) atoms. The third kappa shape index (κ3) is 4.16. The van der Waals surface area contributed by atoms with Gasteiger partial charge in [0.15, 0.2) is 11.6 Å². The number of anilines is 1. The summed E-state index contributed by atoms with van der Waals surface area (Å²) in [7, 11) is 5.01. The molecule has 112 valence electrons. The van der Waals surface area contributed by atoms with Crippen molar-refractivity contribution < 1.29 is 18.3 Å². The number of hydrogen-bond donors (Lipinski definition) is 1. The van der Waals surface area contributed by atoms with Crippen molar-refractivity contribution in [1.29, 1.82) is 0 Å². The van der Waals surface area contributed by atoms with Crippen molar-refractivity contribution in [1.82, 2.24) is 4.90 Å². The molecule has 4 nitrogen and oxygen atoms in total. The van der Waals surface area contributed by atoms with Gasteiger partial charge in [-0.2, -0.15) is 0 Å². The van der Waals surface area contributed by atoms with Crippen molar-refractivity contribution in [3.8, 4) is 0 Å². The van der Waals surface area contributed by atoms with E-state index in [-0.39, 0.29) is 11.7 Å². The van der Waals surface area contributed by atoms with Gasteiger partial charge in [-0.3, -0.25) is 0 Å². The first-order valence-electron chi connectivity index (χ1n) is 6.34. The molecule has 0 aliphatic heterocycles. The molecular formula is C14H20F2N2O2. The fourth-order valence-corrected chi connectivity index (χ4v) is 1.72. The number of nitrogens with zero attached hydrogens (tertiary/aromatic N) is 1. The second-order valence-corrected chi connectivity index (χ2v) is 4.92. The Hall–Kier alpha value is -1.69. The lowest BCUT2D eigenvalue weighted by molar-refractivity contribution is 0.0594. The van der Waals surface area contributed by atoms with E-state index >= 15 is 0 Å². The Kier molecular flexibility index (Phi) is 5.88. The molecule has 1 unspecified atom stereocenters. The molecule has 0 spiro atoms. The normalized spacial score (nSPS) is 12.3. The van der Waals surface area contributed by atoms with Gasteiger partial charge in [-0.05, 0) is 46.1 Å². The van der Waals surface area contributed by atoms with Crippen molar-refractivity contribution in [2.45, 2.75) is 19.4 Å². The van der Waals surface area contributed by atoms with E-state index in [1.807, 2.05) is 25.9 Å². The Bertz CT molecular complexity index is 478. The number of carbonyl (C=O) groups excluding carboxylic acids is 1. The van der Waals surface area contributed by atoms with Gasteiger partial charge in [0.2, 0.25) is 0 Å². The molecule has 6 heteroatoms. The van der Waals surface area contributed by atoms with Crippen LogP contribution in [0.3, 0.4) is 0 Å². The van der Waals surface area contributed by atoms with E-state index in [4.69, 9.17) is 0 Å². The van der Waals surface area contributed by atoms with E-state index in [2.05, 4.69) is 10.1 Å². The molecule has 1 N–H and O–H groups in total. The van der Waals surface area contributed by atoms with Crippen LogP contribution in [0.25, 0.3) is 0 Å². The van der Waals surface area contributed by atoms with Gasteiger partial charge in [0, 0.05) is 6.04 Å². The van der Waals surface area contributed by atoms with Gasteiger partial charge in [0.1, 0.15) is 0 Å². The monoisotopic (exact) mass is 286 g/mol. The smallest absolute Gasteiger partial charge is 0.340 e. The van der Waals surface area contributed by atoms with Crippen molar-refractivity contribution >= 4 is 11.7 Å². The fraction of sp³-hybridized carbons (Fsp3) is 0.500. The highest BCUT2D eigenvalue weighted by Gasteiger charge is 2.19. The molecule has 1 rings (SSSR count). The van der Waals surface area contributed by atoms with Gasteiger partial charge in [-0.1, -0.05) is 0 Å². The number of hydrogen-bond acceptors (Lipinski definition) is 4. The van der Waals surface area contributed by atoms with Crippen LogP contribution >= 0.6 is 0 Å². The molecule has 1 atom stereocenters. The zero-order valence-electron chi connectivity index (χ0n) is 12.2. The molecule has 0 bridgehead atoms. The summed E-state index contributed by atoms with van der Waals surface area (Å²) in [5.41, 5.74) is -0.363. The SMILES string of the molecule is COC(=O)c1ccc(NC(C)CCN(C)C)c(F)c1F. The van der Waals surface area contributed by atoms with Gasteiger partial charge < -0.3 is 15.0 Å². The lowest BCUT2D eigenvalue weighted by atomic mass is 10.1. The number of halogens is 2. The number of ether oxygens (including phenoxy) is 1. The summed E-state index contributed by atoms with van der Waals surface area (Å²) in [4.78, 5) is 13.3. The van der Waals surface area contributed by atoms with Gasteiger partial charge in [0.05, 0.1) is 18.4 Å². The maximum absolute atomic E-state index is 13.9. The molecule has 1 aromatic carbocycles. The van der Waals surface area contributed by atoms with E-state index in [1.54, 1.807) is 0 Å². The topological polar surface area (TPSA) is 41.6 Å². The molecule has 1 aromatic rings. The standard InChI is InChI=1S/C14H20F2N2O2/c1-9(7-8-18(2)3)17-11-6-5-10(14(19)20-4)12(15)13(11)16/h5-6,9,17H,7-8H2,1-4H3. The fourth-order valence-electron chi connectivity index (χ4n) is 1.72.